The lowest BCUT2D eigenvalue weighted by molar-refractivity contribution is 0.270. The normalized spacial score (nSPS) is 13.7. The van der Waals surface area contributed by atoms with Crippen molar-refractivity contribution in [1.29, 1.82) is 0 Å². The second-order valence-electron chi connectivity index (χ2n) is 4.91. The Kier molecular flexibility index (Phi) is 7.04. The predicted molar refractivity (Wildman–Crippen MR) is 83.0 cm³/mol. The first-order valence-electron chi connectivity index (χ1n) is 7.13. The number of amidine groups is 1. The van der Waals surface area contributed by atoms with Crippen molar-refractivity contribution in [2.75, 3.05) is 19.6 Å². The number of benzene rings is 1. The van der Waals surface area contributed by atoms with Crippen molar-refractivity contribution in [3.05, 3.63) is 35.4 Å². The zero-order chi connectivity index (χ0) is 15.0. The van der Waals surface area contributed by atoms with Gasteiger partial charge in [-0.25, -0.2) is 0 Å². The molecule has 1 rings (SSSR count). The monoisotopic (exact) mass is 278 g/mol. The van der Waals surface area contributed by atoms with Gasteiger partial charge in [0.25, 0.3) is 0 Å². The zero-order valence-corrected chi connectivity index (χ0v) is 12.6. The summed E-state index contributed by atoms with van der Waals surface area (Å²) in [7, 11) is 0. The Bertz CT molecular complexity index is 430. The first kappa shape index (κ1) is 16.5. The highest BCUT2D eigenvalue weighted by Crippen LogP contribution is 2.08. The maximum Gasteiger partial charge on any atom is 0.170 e. The van der Waals surface area contributed by atoms with Crippen molar-refractivity contribution >= 4 is 5.84 Å². The summed E-state index contributed by atoms with van der Waals surface area (Å²) in [5.41, 5.74) is 7.50. The van der Waals surface area contributed by atoms with Crippen molar-refractivity contribution in [2.24, 2.45) is 10.9 Å². The molecule has 0 saturated carbocycles. The summed E-state index contributed by atoms with van der Waals surface area (Å²) in [5.74, 6) is 0.152. The lowest BCUT2D eigenvalue weighted by Gasteiger charge is -2.23. The third kappa shape index (κ3) is 4.83. The number of likely N-dealkylation sites (N-methyl/N-ethyl adjacent to an activating group) is 1. The molecule has 0 fully saturated rings. The van der Waals surface area contributed by atoms with E-state index in [0.717, 1.165) is 30.8 Å². The number of hydrogen-bond acceptors (Lipinski definition) is 4. The molecule has 5 heteroatoms. The summed E-state index contributed by atoms with van der Waals surface area (Å²) >= 11 is 0. The van der Waals surface area contributed by atoms with Crippen LogP contribution in [0.25, 0.3) is 0 Å². The van der Waals surface area contributed by atoms with Crippen molar-refractivity contribution in [2.45, 2.75) is 33.4 Å². The second kappa shape index (κ2) is 8.55. The molecular formula is C15H26N4O. The van der Waals surface area contributed by atoms with E-state index in [1.165, 1.54) is 0 Å². The molecule has 1 unspecified atom stereocenters. The van der Waals surface area contributed by atoms with Crippen LogP contribution in [0.1, 0.15) is 31.9 Å². The summed E-state index contributed by atoms with van der Waals surface area (Å²) in [6.07, 6.45) is 0. The average molecular weight is 278 g/mol. The van der Waals surface area contributed by atoms with E-state index in [1.807, 2.05) is 24.3 Å². The van der Waals surface area contributed by atoms with Crippen LogP contribution < -0.4 is 11.1 Å². The molecule has 0 bridgehead atoms. The van der Waals surface area contributed by atoms with Crippen LogP contribution >= 0.6 is 0 Å². The fourth-order valence-electron chi connectivity index (χ4n) is 2.20. The number of rotatable bonds is 8. The van der Waals surface area contributed by atoms with Gasteiger partial charge >= 0.3 is 0 Å². The molecule has 112 valence electrons. The highest BCUT2D eigenvalue weighted by molar-refractivity contribution is 5.98. The molecule has 4 N–H and O–H groups in total. The summed E-state index contributed by atoms with van der Waals surface area (Å²) < 4.78 is 0. The van der Waals surface area contributed by atoms with E-state index in [4.69, 9.17) is 10.9 Å². The molecule has 0 aromatic heterocycles. The summed E-state index contributed by atoms with van der Waals surface area (Å²) in [6.45, 7) is 10.3. The first-order chi connectivity index (χ1) is 9.62. The van der Waals surface area contributed by atoms with Gasteiger partial charge in [-0.05, 0) is 25.6 Å². The van der Waals surface area contributed by atoms with Gasteiger partial charge in [-0.3, -0.25) is 0 Å². The van der Waals surface area contributed by atoms with Crippen LogP contribution in [0, 0.1) is 0 Å². The number of nitrogens with two attached hydrogens (primary N) is 1. The van der Waals surface area contributed by atoms with E-state index in [-0.39, 0.29) is 5.84 Å². The Morgan fingerprint density at radius 1 is 1.35 bits per heavy atom. The SMILES string of the molecule is CCN(CC)CC(C)NCc1ccccc1C(N)=NO. The Labute approximate surface area is 121 Å². The molecule has 0 spiro atoms. The van der Waals surface area contributed by atoms with Gasteiger partial charge in [0.05, 0.1) is 0 Å². The minimum absolute atomic E-state index is 0.152. The van der Waals surface area contributed by atoms with Crippen LogP contribution in [0.2, 0.25) is 0 Å². The zero-order valence-electron chi connectivity index (χ0n) is 12.6. The van der Waals surface area contributed by atoms with Crippen molar-refractivity contribution in [3.63, 3.8) is 0 Å². The topological polar surface area (TPSA) is 73.9 Å². The maximum absolute atomic E-state index is 8.81. The smallest absolute Gasteiger partial charge is 0.170 e. The molecule has 0 aliphatic heterocycles. The third-order valence-electron chi connectivity index (χ3n) is 3.47. The first-order valence-corrected chi connectivity index (χ1v) is 7.13. The Hall–Kier alpha value is -1.59. The lowest BCUT2D eigenvalue weighted by atomic mass is 10.1. The van der Waals surface area contributed by atoms with Gasteiger partial charge in [-0.15, -0.1) is 0 Å². The molecule has 1 aromatic rings. The quantitative estimate of drug-likeness (QED) is 0.292. The van der Waals surface area contributed by atoms with Crippen LogP contribution in [-0.4, -0.2) is 41.6 Å². The molecular weight excluding hydrogens is 252 g/mol. The Morgan fingerprint density at radius 3 is 2.60 bits per heavy atom. The second-order valence-corrected chi connectivity index (χ2v) is 4.91. The van der Waals surface area contributed by atoms with Crippen molar-refractivity contribution in [1.82, 2.24) is 10.2 Å². The fourth-order valence-corrected chi connectivity index (χ4v) is 2.20. The molecule has 0 radical (unpaired) electrons. The average Bonchev–Trinajstić information content (AvgIpc) is 2.50. The minimum Gasteiger partial charge on any atom is -0.409 e. The van der Waals surface area contributed by atoms with Gasteiger partial charge < -0.3 is 21.2 Å². The van der Waals surface area contributed by atoms with Crippen LogP contribution in [0.4, 0.5) is 0 Å². The molecule has 5 nitrogen and oxygen atoms in total. The maximum atomic E-state index is 8.81. The van der Waals surface area contributed by atoms with E-state index in [2.05, 4.69) is 36.1 Å². The van der Waals surface area contributed by atoms with Crippen molar-refractivity contribution < 1.29 is 5.21 Å². The van der Waals surface area contributed by atoms with Crippen LogP contribution in [0.15, 0.2) is 29.4 Å². The van der Waals surface area contributed by atoms with E-state index in [9.17, 15) is 0 Å². The summed E-state index contributed by atoms with van der Waals surface area (Å²) in [6, 6.07) is 8.08. The molecule has 0 aliphatic rings. The van der Waals surface area contributed by atoms with Gasteiger partial charge in [-0.1, -0.05) is 43.3 Å². The van der Waals surface area contributed by atoms with Gasteiger partial charge in [0.15, 0.2) is 5.84 Å². The third-order valence-corrected chi connectivity index (χ3v) is 3.47. The van der Waals surface area contributed by atoms with Gasteiger partial charge in [0.2, 0.25) is 0 Å². The molecule has 0 amide bonds. The Balaban J connectivity index is 2.61. The van der Waals surface area contributed by atoms with E-state index < -0.39 is 0 Å². The highest BCUT2D eigenvalue weighted by Gasteiger charge is 2.09. The number of nitrogens with zero attached hydrogens (tertiary/aromatic N) is 2. The standard InChI is InChI=1S/C15H26N4O/c1-4-19(5-2)11-12(3)17-10-13-8-6-7-9-14(13)15(16)18-20/h6-9,12,17,20H,4-5,10-11H2,1-3H3,(H2,16,18). The van der Waals surface area contributed by atoms with Gasteiger partial charge in [0.1, 0.15) is 0 Å². The molecule has 1 aromatic carbocycles. The summed E-state index contributed by atoms with van der Waals surface area (Å²) in [4.78, 5) is 2.38. The lowest BCUT2D eigenvalue weighted by Crippen LogP contribution is -2.39. The van der Waals surface area contributed by atoms with Crippen LogP contribution in [0.3, 0.4) is 0 Å². The van der Waals surface area contributed by atoms with Crippen LogP contribution in [-0.2, 0) is 6.54 Å². The Morgan fingerprint density at radius 2 is 2.00 bits per heavy atom. The van der Waals surface area contributed by atoms with E-state index in [1.54, 1.807) is 0 Å². The van der Waals surface area contributed by atoms with E-state index in [0.29, 0.717) is 12.6 Å². The van der Waals surface area contributed by atoms with Gasteiger partial charge in [0, 0.05) is 24.7 Å². The largest absolute Gasteiger partial charge is 0.409 e. The van der Waals surface area contributed by atoms with E-state index >= 15 is 0 Å². The summed E-state index contributed by atoms with van der Waals surface area (Å²) in [5, 5.41) is 15.4. The molecule has 20 heavy (non-hydrogen) atoms. The van der Waals surface area contributed by atoms with Gasteiger partial charge in [-0.2, -0.15) is 0 Å². The number of nitrogens with one attached hydrogen (secondary N) is 1. The predicted octanol–water partition coefficient (Wildman–Crippen LogP) is 1.60. The van der Waals surface area contributed by atoms with Crippen LogP contribution in [0.5, 0.6) is 0 Å². The minimum atomic E-state index is 0.152. The molecule has 1 atom stereocenters. The molecule has 0 saturated heterocycles. The number of oxime groups is 1. The molecule has 0 heterocycles. The molecule has 0 aliphatic carbocycles. The van der Waals surface area contributed by atoms with Crippen molar-refractivity contribution in [3.8, 4) is 0 Å². The fraction of sp³-hybridized carbons (Fsp3) is 0.533. The number of hydrogen-bond donors (Lipinski definition) is 3. The highest BCUT2D eigenvalue weighted by atomic mass is 16.4.